The average molecular weight is 657 g/mol. The highest BCUT2D eigenvalue weighted by Crippen LogP contribution is 2.51. The second-order valence-electron chi connectivity index (χ2n) is 11.7. The minimum absolute atomic E-state index is 0.0291. The van der Waals surface area contributed by atoms with Gasteiger partial charge >= 0.3 is 17.9 Å². The van der Waals surface area contributed by atoms with E-state index in [-0.39, 0.29) is 36.3 Å². The number of benzene rings is 2. The van der Waals surface area contributed by atoms with E-state index in [0.717, 1.165) is 11.1 Å². The Labute approximate surface area is 276 Å². The number of nitro groups is 1. The van der Waals surface area contributed by atoms with Crippen LogP contribution in [-0.2, 0) is 30.4 Å². The molecule has 4 atom stereocenters. The number of rotatable bonds is 13. The van der Waals surface area contributed by atoms with Crippen molar-refractivity contribution in [3.05, 3.63) is 124 Å². The number of aromatic nitrogens is 4. The van der Waals surface area contributed by atoms with Crippen LogP contribution in [0.15, 0.2) is 97.2 Å². The van der Waals surface area contributed by atoms with Crippen molar-refractivity contribution in [2.24, 2.45) is 5.41 Å². The fraction of sp³-hybridized carbons (Fsp3) is 0.324. The maximum absolute atomic E-state index is 13.4. The fourth-order valence-electron chi connectivity index (χ4n) is 6.53. The molecule has 2 aromatic carbocycles. The summed E-state index contributed by atoms with van der Waals surface area (Å²) in [4.78, 5) is 59.0. The van der Waals surface area contributed by atoms with Crippen LogP contribution < -0.4 is 5.32 Å². The van der Waals surface area contributed by atoms with Gasteiger partial charge in [0.15, 0.2) is 0 Å². The third-order valence-corrected chi connectivity index (χ3v) is 8.94. The third kappa shape index (κ3) is 6.82. The summed E-state index contributed by atoms with van der Waals surface area (Å²) in [6, 6.07) is 12.1. The van der Waals surface area contributed by atoms with Crippen molar-refractivity contribution in [2.75, 3.05) is 13.7 Å². The zero-order chi connectivity index (χ0) is 34.4. The first kappa shape index (κ1) is 33.6. The summed E-state index contributed by atoms with van der Waals surface area (Å²) in [5.74, 6) is -3.77. The van der Waals surface area contributed by atoms with Gasteiger partial charge in [-0.15, -0.1) is 0 Å². The summed E-state index contributed by atoms with van der Waals surface area (Å²) < 4.78 is 14.5. The molecule has 4 aromatic rings. The molecule has 0 amide bonds. The van der Waals surface area contributed by atoms with E-state index in [2.05, 4.69) is 15.3 Å². The maximum Gasteiger partial charge on any atom is 0.336 e. The average Bonchev–Trinajstić information content (AvgIpc) is 3.80. The van der Waals surface area contributed by atoms with Crippen LogP contribution in [0.25, 0.3) is 0 Å². The molecule has 0 fully saturated rings. The molecule has 0 radical (unpaired) electrons. The van der Waals surface area contributed by atoms with Crippen molar-refractivity contribution in [1.29, 1.82) is 0 Å². The molecule has 3 heterocycles. The van der Waals surface area contributed by atoms with E-state index in [1.165, 1.54) is 25.3 Å². The monoisotopic (exact) mass is 656 g/mol. The van der Waals surface area contributed by atoms with Crippen LogP contribution in [0.5, 0.6) is 0 Å². The van der Waals surface area contributed by atoms with Crippen LogP contribution in [0.1, 0.15) is 55.3 Å². The minimum Gasteiger partial charge on any atom is -0.481 e. The number of aliphatic carboxylic acids is 1. The van der Waals surface area contributed by atoms with Gasteiger partial charge in [0.2, 0.25) is 0 Å². The smallest absolute Gasteiger partial charge is 0.336 e. The molecule has 0 spiro atoms. The summed E-state index contributed by atoms with van der Waals surface area (Å²) in [6.07, 6.45) is 10.0. The first-order valence-corrected chi connectivity index (χ1v) is 15.3. The Kier molecular flexibility index (Phi) is 10.0. The molecule has 14 nitrogen and oxygen atoms in total. The van der Waals surface area contributed by atoms with Gasteiger partial charge in [0.05, 0.1) is 49.3 Å². The van der Waals surface area contributed by atoms with Gasteiger partial charge in [-0.3, -0.25) is 19.7 Å². The standard InChI is InChI=1S/C34H36N6O8/c1-22-30(32(42)47-3)31(26-5-4-6-27(17-26)40(45)46)34(33(43)44,23(2)37-22)11-16-48-29(41)18-28(39-15-13-36-21-39)25-9-7-24(8-10-25)19-38-14-12-35-20-38/h4-10,12-15,17,20-21,23,28,31,37H,11,16,18-19H2,1-3H3,(H,43,44). The Morgan fingerprint density at radius 3 is 2.46 bits per heavy atom. The number of non-ortho nitro benzene ring substituents is 1. The number of hydrogen-bond acceptors (Lipinski definition) is 10. The molecule has 14 heteroatoms. The van der Waals surface area contributed by atoms with Gasteiger partial charge in [0.25, 0.3) is 5.69 Å². The first-order valence-electron chi connectivity index (χ1n) is 15.3. The lowest BCUT2D eigenvalue weighted by atomic mass is 9.60. The number of carbonyl (C=O) groups excluding carboxylic acids is 2. The summed E-state index contributed by atoms with van der Waals surface area (Å²) >= 11 is 0. The lowest BCUT2D eigenvalue weighted by Crippen LogP contribution is -2.57. The van der Waals surface area contributed by atoms with Crippen LogP contribution in [0.3, 0.4) is 0 Å². The number of ether oxygens (including phenoxy) is 2. The number of hydrogen-bond donors (Lipinski definition) is 2. The molecular formula is C34H36N6O8. The molecule has 4 unspecified atom stereocenters. The normalized spacial score (nSPS) is 19.6. The fourth-order valence-corrected chi connectivity index (χ4v) is 6.53. The van der Waals surface area contributed by atoms with Crippen molar-refractivity contribution in [2.45, 2.75) is 51.2 Å². The van der Waals surface area contributed by atoms with Crippen molar-refractivity contribution in [1.82, 2.24) is 24.4 Å². The molecule has 0 saturated heterocycles. The maximum atomic E-state index is 13.4. The predicted octanol–water partition coefficient (Wildman–Crippen LogP) is 4.24. The predicted molar refractivity (Wildman–Crippen MR) is 172 cm³/mol. The highest BCUT2D eigenvalue weighted by atomic mass is 16.6. The van der Waals surface area contributed by atoms with Crippen LogP contribution in [0.2, 0.25) is 0 Å². The number of allylic oxidation sites excluding steroid dienone is 1. The second kappa shape index (κ2) is 14.3. The number of imidazole rings is 2. The molecule has 2 aromatic heterocycles. The number of nitrogens with zero attached hydrogens (tertiary/aromatic N) is 5. The summed E-state index contributed by atoms with van der Waals surface area (Å²) in [7, 11) is 1.18. The molecule has 1 aliphatic heterocycles. The third-order valence-electron chi connectivity index (χ3n) is 8.94. The van der Waals surface area contributed by atoms with Gasteiger partial charge in [0.1, 0.15) is 5.41 Å². The number of esters is 2. The Bertz CT molecular complexity index is 1800. The first-order chi connectivity index (χ1) is 23.0. The van der Waals surface area contributed by atoms with E-state index in [9.17, 15) is 29.6 Å². The van der Waals surface area contributed by atoms with Gasteiger partial charge in [-0.05, 0) is 30.5 Å². The van der Waals surface area contributed by atoms with Crippen LogP contribution in [0.4, 0.5) is 5.69 Å². The lowest BCUT2D eigenvalue weighted by molar-refractivity contribution is -0.384. The van der Waals surface area contributed by atoms with E-state index >= 15 is 0 Å². The molecule has 5 rings (SSSR count). The SMILES string of the molecule is COC(=O)C1=C(C)NC(C)C(CCOC(=O)CC(c2ccc(Cn3ccnc3)cc2)n2ccnc2)(C(=O)O)C1c1cccc([N+](=O)[O-])c1. The van der Waals surface area contributed by atoms with E-state index in [1.54, 1.807) is 55.7 Å². The van der Waals surface area contributed by atoms with Crippen molar-refractivity contribution in [3.63, 3.8) is 0 Å². The Balaban J connectivity index is 1.39. The molecule has 1 aliphatic rings. The highest BCUT2D eigenvalue weighted by molar-refractivity contribution is 5.94. The van der Waals surface area contributed by atoms with Gasteiger partial charge in [-0.25, -0.2) is 14.8 Å². The zero-order valence-corrected chi connectivity index (χ0v) is 26.7. The molecule has 0 saturated carbocycles. The number of methoxy groups -OCH3 is 1. The summed E-state index contributed by atoms with van der Waals surface area (Å²) in [5, 5.41) is 25.5. The Morgan fingerprint density at radius 1 is 1.10 bits per heavy atom. The van der Waals surface area contributed by atoms with Gasteiger partial charge in [-0.1, -0.05) is 36.4 Å². The molecule has 48 heavy (non-hydrogen) atoms. The van der Waals surface area contributed by atoms with E-state index in [4.69, 9.17) is 9.47 Å². The quantitative estimate of drug-likeness (QED) is 0.119. The van der Waals surface area contributed by atoms with Gasteiger partial charge in [0, 0.05) is 67.5 Å². The number of carboxylic acid groups (broad SMARTS) is 1. The second-order valence-corrected chi connectivity index (χ2v) is 11.7. The molecule has 250 valence electrons. The molecule has 0 aliphatic carbocycles. The van der Waals surface area contributed by atoms with E-state index in [1.807, 2.05) is 35.0 Å². The van der Waals surface area contributed by atoms with Crippen molar-refractivity contribution >= 4 is 23.6 Å². The van der Waals surface area contributed by atoms with Crippen LogP contribution in [-0.4, -0.2) is 66.8 Å². The topological polar surface area (TPSA) is 181 Å². The van der Waals surface area contributed by atoms with Crippen LogP contribution in [0, 0.1) is 15.5 Å². The van der Waals surface area contributed by atoms with E-state index in [0.29, 0.717) is 12.2 Å². The highest BCUT2D eigenvalue weighted by Gasteiger charge is 2.56. The molecule has 2 N–H and O–H groups in total. The van der Waals surface area contributed by atoms with Crippen molar-refractivity contribution < 1.29 is 33.9 Å². The number of carboxylic acids is 1. The Hall–Kier alpha value is -5.79. The number of carbonyl (C=O) groups is 3. The van der Waals surface area contributed by atoms with Crippen molar-refractivity contribution in [3.8, 4) is 0 Å². The summed E-state index contributed by atoms with van der Waals surface area (Å²) in [5.41, 5.74) is 0.551. The largest absolute Gasteiger partial charge is 0.481 e. The lowest BCUT2D eigenvalue weighted by Gasteiger charge is -2.47. The van der Waals surface area contributed by atoms with Gasteiger partial charge < -0.3 is 29.0 Å². The number of nitro benzene ring substituents is 1. The van der Waals surface area contributed by atoms with Gasteiger partial charge in [-0.2, -0.15) is 0 Å². The minimum atomic E-state index is -1.76. The van der Waals surface area contributed by atoms with Crippen LogP contribution >= 0.6 is 0 Å². The zero-order valence-electron chi connectivity index (χ0n) is 26.7. The molecule has 0 bridgehead atoms. The summed E-state index contributed by atoms with van der Waals surface area (Å²) in [6.45, 7) is 3.62. The van der Waals surface area contributed by atoms with E-state index < -0.39 is 46.2 Å². The molecular weight excluding hydrogens is 620 g/mol. The Morgan fingerprint density at radius 2 is 1.83 bits per heavy atom. The number of nitrogens with one attached hydrogen (secondary N) is 1.